The minimum atomic E-state index is -0.271. The lowest BCUT2D eigenvalue weighted by Crippen LogP contribution is -2.23. The van der Waals surface area contributed by atoms with Gasteiger partial charge in [0, 0.05) is 17.8 Å². The molecule has 0 aliphatic carbocycles. The number of hydrogen-bond acceptors (Lipinski definition) is 4. The second-order valence-corrected chi connectivity index (χ2v) is 9.41. The number of carbonyl (C=O) groups is 1. The Morgan fingerprint density at radius 2 is 1.71 bits per heavy atom. The highest BCUT2D eigenvalue weighted by Crippen LogP contribution is 2.25. The Labute approximate surface area is 200 Å². The summed E-state index contributed by atoms with van der Waals surface area (Å²) in [4.78, 5) is 12.7. The summed E-state index contributed by atoms with van der Waals surface area (Å²) < 4.78 is 13.4. The van der Waals surface area contributed by atoms with Gasteiger partial charge in [-0.1, -0.05) is 51.1 Å². The zero-order valence-electron chi connectivity index (χ0n) is 20.4. The zero-order chi connectivity index (χ0) is 24.3. The highest BCUT2D eigenvalue weighted by Gasteiger charge is 2.17. The van der Waals surface area contributed by atoms with E-state index >= 15 is 0 Å². The van der Waals surface area contributed by atoms with Gasteiger partial charge in [-0.2, -0.15) is 5.10 Å². The number of hydrogen-bond donors (Lipinski definition) is 1. The molecule has 0 fully saturated rings. The molecule has 0 aliphatic heterocycles. The van der Waals surface area contributed by atoms with Crippen LogP contribution in [0.5, 0.6) is 5.75 Å². The van der Waals surface area contributed by atoms with Crippen molar-refractivity contribution in [3.8, 4) is 11.4 Å². The standard InChI is InChI=1S/C28H31N3O3/c1-19-25(20(2)31(30-19)22-9-7-6-8-10-22)17-29-27(32)26-16-15-24(34-26)18-33-23-13-11-21(12-14-23)28(3,4)5/h6-16H,17-18H2,1-5H3,(H,29,32). The number of benzene rings is 2. The van der Waals surface area contributed by atoms with Gasteiger partial charge in [-0.25, -0.2) is 4.68 Å². The number of rotatable bonds is 7. The molecule has 34 heavy (non-hydrogen) atoms. The van der Waals surface area contributed by atoms with E-state index in [1.165, 1.54) is 5.56 Å². The third-order valence-corrected chi connectivity index (χ3v) is 5.85. The van der Waals surface area contributed by atoms with Gasteiger partial charge in [0.25, 0.3) is 5.91 Å². The number of nitrogens with one attached hydrogen (secondary N) is 1. The minimum Gasteiger partial charge on any atom is -0.486 e. The lowest BCUT2D eigenvalue weighted by Gasteiger charge is -2.19. The molecule has 176 valence electrons. The first kappa shape index (κ1) is 23.4. The molecule has 2 heterocycles. The van der Waals surface area contributed by atoms with Crippen LogP contribution < -0.4 is 10.1 Å². The van der Waals surface area contributed by atoms with Crippen molar-refractivity contribution in [2.75, 3.05) is 0 Å². The van der Waals surface area contributed by atoms with Crippen molar-refractivity contribution in [3.63, 3.8) is 0 Å². The first-order valence-corrected chi connectivity index (χ1v) is 11.4. The van der Waals surface area contributed by atoms with Crippen LogP contribution in [0.25, 0.3) is 5.69 Å². The van der Waals surface area contributed by atoms with Crippen LogP contribution in [-0.4, -0.2) is 15.7 Å². The highest BCUT2D eigenvalue weighted by atomic mass is 16.5. The molecule has 0 unspecified atom stereocenters. The molecule has 1 N–H and O–H groups in total. The van der Waals surface area contributed by atoms with Crippen LogP contribution in [0.4, 0.5) is 0 Å². The summed E-state index contributed by atoms with van der Waals surface area (Å²) in [5.74, 6) is 1.34. The lowest BCUT2D eigenvalue weighted by molar-refractivity contribution is 0.0919. The van der Waals surface area contributed by atoms with Gasteiger partial charge in [-0.05, 0) is 61.2 Å². The zero-order valence-corrected chi connectivity index (χ0v) is 20.4. The van der Waals surface area contributed by atoms with Crippen LogP contribution in [0.15, 0.2) is 71.1 Å². The summed E-state index contributed by atoms with van der Waals surface area (Å²) in [6.07, 6.45) is 0. The fraction of sp³-hybridized carbons (Fsp3) is 0.286. The largest absolute Gasteiger partial charge is 0.486 e. The fourth-order valence-corrected chi connectivity index (χ4v) is 3.79. The van der Waals surface area contributed by atoms with E-state index in [9.17, 15) is 4.79 Å². The second kappa shape index (κ2) is 9.59. The predicted molar refractivity (Wildman–Crippen MR) is 132 cm³/mol. The van der Waals surface area contributed by atoms with Crippen LogP contribution in [0.1, 0.15) is 59.6 Å². The normalized spacial score (nSPS) is 11.4. The van der Waals surface area contributed by atoms with Gasteiger partial charge in [-0.15, -0.1) is 0 Å². The number of carbonyl (C=O) groups excluding carboxylic acids is 1. The van der Waals surface area contributed by atoms with E-state index in [-0.39, 0.29) is 23.7 Å². The number of ether oxygens (including phenoxy) is 1. The maximum Gasteiger partial charge on any atom is 0.287 e. The predicted octanol–water partition coefficient (Wildman–Crippen LogP) is 5.89. The Morgan fingerprint density at radius 1 is 1.00 bits per heavy atom. The molecule has 0 radical (unpaired) electrons. The smallest absolute Gasteiger partial charge is 0.287 e. The number of amides is 1. The van der Waals surface area contributed by atoms with Crippen molar-refractivity contribution in [3.05, 3.63) is 101 Å². The van der Waals surface area contributed by atoms with Gasteiger partial charge in [-0.3, -0.25) is 4.79 Å². The van der Waals surface area contributed by atoms with Crippen LogP contribution >= 0.6 is 0 Å². The van der Waals surface area contributed by atoms with E-state index < -0.39 is 0 Å². The van der Waals surface area contributed by atoms with E-state index in [0.717, 1.165) is 28.4 Å². The van der Waals surface area contributed by atoms with Crippen LogP contribution in [-0.2, 0) is 18.6 Å². The molecule has 4 aromatic rings. The number of furan rings is 1. The lowest BCUT2D eigenvalue weighted by atomic mass is 9.87. The Hall–Kier alpha value is -3.80. The monoisotopic (exact) mass is 457 g/mol. The molecule has 0 saturated carbocycles. The third-order valence-electron chi connectivity index (χ3n) is 5.85. The average molecular weight is 458 g/mol. The van der Waals surface area contributed by atoms with Crippen molar-refractivity contribution in [1.82, 2.24) is 15.1 Å². The molecular formula is C28H31N3O3. The second-order valence-electron chi connectivity index (χ2n) is 9.41. The van der Waals surface area contributed by atoms with Crippen molar-refractivity contribution in [1.29, 1.82) is 0 Å². The average Bonchev–Trinajstić information content (AvgIpc) is 3.41. The molecular weight excluding hydrogens is 426 g/mol. The minimum absolute atomic E-state index is 0.0963. The quantitative estimate of drug-likeness (QED) is 0.376. The van der Waals surface area contributed by atoms with Crippen LogP contribution in [0.3, 0.4) is 0 Å². The Kier molecular flexibility index (Phi) is 6.59. The van der Waals surface area contributed by atoms with Gasteiger partial charge >= 0.3 is 0 Å². The summed E-state index contributed by atoms with van der Waals surface area (Å²) >= 11 is 0. The number of nitrogens with zero attached hydrogens (tertiary/aromatic N) is 2. The van der Waals surface area contributed by atoms with Gasteiger partial charge in [0.2, 0.25) is 0 Å². The van der Waals surface area contributed by atoms with Crippen molar-refractivity contribution < 1.29 is 13.9 Å². The summed E-state index contributed by atoms with van der Waals surface area (Å²) in [6.45, 7) is 11.1. The molecule has 0 atom stereocenters. The summed E-state index contributed by atoms with van der Waals surface area (Å²) in [6, 6.07) is 21.4. The van der Waals surface area contributed by atoms with E-state index in [1.807, 2.05) is 61.0 Å². The van der Waals surface area contributed by atoms with Crippen molar-refractivity contribution >= 4 is 5.91 Å². The molecule has 0 bridgehead atoms. The van der Waals surface area contributed by atoms with E-state index in [4.69, 9.17) is 9.15 Å². The van der Waals surface area contributed by atoms with Gasteiger partial charge in [0.1, 0.15) is 18.1 Å². The third kappa shape index (κ3) is 5.22. The molecule has 6 nitrogen and oxygen atoms in total. The maximum absolute atomic E-state index is 12.7. The van der Waals surface area contributed by atoms with E-state index in [0.29, 0.717) is 12.3 Å². The molecule has 2 aromatic carbocycles. The number of aryl methyl sites for hydroxylation is 1. The summed E-state index contributed by atoms with van der Waals surface area (Å²) in [5, 5.41) is 7.57. The first-order chi connectivity index (χ1) is 16.2. The molecule has 4 rings (SSSR count). The SMILES string of the molecule is Cc1nn(-c2ccccc2)c(C)c1CNC(=O)c1ccc(COc2ccc(C(C)(C)C)cc2)o1. The van der Waals surface area contributed by atoms with Crippen LogP contribution in [0.2, 0.25) is 0 Å². The Morgan fingerprint density at radius 3 is 2.38 bits per heavy atom. The van der Waals surface area contributed by atoms with Gasteiger partial charge < -0.3 is 14.5 Å². The number of aromatic nitrogens is 2. The van der Waals surface area contributed by atoms with Crippen molar-refractivity contribution in [2.45, 2.75) is 53.2 Å². The van der Waals surface area contributed by atoms with Crippen LogP contribution in [0, 0.1) is 13.8 Å². The maximum atomic E-state index is 12.7. The first-order valence-electron chi connectivity index (χ1n) is 11.4. The van der Waals surface area contributed by atoms with Gasteiger partial charge in [0.05, 0.1) is 11.4 Å². The molecule has 1 amide bonds. The number of para-hydroxylation sites is 1. The molecule has 0 spiro atoms. The topological polar surface area (TPSA) is 69.3 Å². The Balaban J connectivity index is 1.35. The van der Waals surface area contributed by atoms with E-state index in [2.05, 4.69) is 43.3 Å². The Bertz CT molecular complexity index is 1260. The molecule has 0 saturated heterocycles. The molecule has 2 aromatic heterocycles. The van der Waals surface area contributed by atoms with E-state index in [1.54, 1.807) is 12.1 Å². The molecule has 6 heteroatoms. The molecule has 0 aliphatic rings. The highest BCUT2D eigenvalue weighted by molar-refractivity contribution is 5.91. The summed E-state index contributed by atoms with van der Waals surface area (Å²) in [5.41, 5.74) is 5.20. The van der Waals surface area contributed by atoms with Crippen molar-refractivity contribution in [2.24, 2.45) is 0 Å². The summed E-state index contributed by atoms with van der Waals surface area (Å²) in [7, 11) is 0. The van der Waals surface area contributed by atoms with Gasteiger partial charge in [0.15, 0.2) is 5.76 Å². The fourth-order valence-electron chi connectivity index (χ4n) is 3.79.